The van der Waals surface area contributed by atoms with E-state index in [9.17, 15) is 18.0 Å². The maximum atomic E-state index is 14.0. The van der Waals surface area contributed by atoms with Gasteiger partial charge in [0.05, 0.1) is 34.7 Å². The van der Waals surface area contributed by atoms with Crippen molar-refractivity contribution in [1.29, 1.82) is 0 Å². The third kappa shape index (κ3) is 2.92. The van der Waals surface area contributed by atoms with Crippen LogP contribution in [0.2, 0.25) is 0 Å². The lowest BCUT2D eigenvalue weighted by Crippen LogP contribution is -2.49. The number of nitrogens with zero attached hydrogens (tertiary/aromatic N) is 5. The Balaban J connectivity index is 1.45. The van der Waals surface area contributed by atoms with E-state index >= 15 is 0 Å². The van der Waals surface area contributed by atoms with Gasteiger partial charge in [-0.3, -0.25) is 9.48 Å². The third-order valence-electron chi connectivity index (χ3n) is 7.13. The minimum absolute atomic E-state index is 0.0726. The number of carbonyl (C=O) groups is 1. The van der Waals surface area contributed by atoms with Gasteiger partial charge in [0, 0.05) is 29.9 Å². The SMILES string of the molecule is Cc1cccc2c(C(=O)N3[C@@H]4CCC[C@H]3c3nn(C)c(-c5cc(F)c(F)c(F)c5)c3C4)cnn12. The monoisotopic (exact) mass is 465 g/mol. The van der Waals surface area contributed by atoms with E-state index in [0.717, 1.165) is 53.9 Å². The number of halogens is 3. The molecule has 34 heavy (non-hydrogen) atoms. The van der Waals surface area contributed by atoms with Gasteiger partial charge in [-0.2, -0.15) is 10.2 Å². The molecule has 9 heteroatoms. The second kappa shape index (κ2) is 7.44. The second-order valence-corrected chi connectivity index (χ2v) is 9.13. The lowest BCUT2D eigenvalue weighted by Gasteiger charge is -2.45. The maximum Gasteiger partial charge on any atom is 0.258 e. The molecule has 0 unspecified atom stereocenters. The van der Waals surface area contributed by atoms with Crippen LogP contribution in [0.15, 0.2) is 36.5 Å². The van der Waals surface area contributed by atoms with Crippen LogP contribution in [0.5, 0.6) is 0 Å². The van der Waals surface area contributed by atoms with Crippen LogP contribution < -0.4 is 0 Å². The number of carbonyl (C=O) groups excluding carboxylic acids is 1. The largest absolute Gasteiger partial charge is 0.327 e. The van der Waals surface area contributed by atoms with Crippen LogP contribution in [-0.2, 0) is 13.5 Å². The van der Waals surface area contributed by atoms with Crippen molar-refractivity contribution in [2.24, 2.45) is 7.05 Å². The minimum atomic E-state index is -1.49. The van der Waals surface area contributed by atoms with E-state index in [1.54, 1.807) is 22.4 Å². The second-order valence-electron chi connectivity index (χ2n) is 9.13. The van der Waals surface area contributed by atoms with Gasteiger partial charge in [0.2, 0.25) is 0 Å². The molecule has 6 nitrogen and oxygen atoms in total. The molecule has 1 amide bonds. The van der Waals surface area contributed by atoms with Crippen LogP contribution in [0, 0.1) is 24.4 Å². The molecule has 0 radical (unpaired) electrons. The summed E-state index contributed by atoms with van der Waals surface area (Å²) in [5.74, 6) is -4.05. The van der Waals surface area contributed by atoms with Crippen molar-refractivity contribution in [3.63, 3.8) is 0 Å². The van der Waals surface area contributed by atoms with Gasteiger partial charge < -0.3 is 4.90 Å². The van der Waals surface area contributed by atoms with E-state index in [2.05, 4.69) is 10.2 Å². The molecule has 1 saturated heterocycles. The number of hydrogen-bond donors (Lipinski definition) is 0. The number of benzene rings is 1. The molecule has 1 fully saturated rings. The normalized spacial score (nSPS) is 19.5. The molecule has 2 atom stereocenters. The van der Waals surface area contributed by atoms with Crippen molar-refractivity contribution >= 4 is 11.4 Å². The van der Waals surface area contributed by atoms with Gasteiger partial charge in [-0.05, 0) is 56.9 Å². The van der Waals surface area contributed by atoms with E-state index < -0.39 is 17.5 Å². The van der Waals surface area contributed by atoms with Crippen molar-refractivity contribution in [3.05, 3.63) is 76.5 Å². The molecule has 174 valence electrons. The summed E-state index contributed by atoms with van der Waals surface area (Å²) in [5, 5.41) is 9.09. The van der Waals surface area contributed by atoms with Gasteiger partial charge in [0.25, 0.3) is 5.91 Å². The van der Waals surface area contributed by atoms with E-state index in [4.69, 9.17) is 0 Å². The number of rotatable bonds is 2. The summed E-state index contributed by atoms with van der Waals surface area (Å²) in [6, 6.07) is 7.42. The maximum absolute atomic E-state index is 14.0. The molecule has 0 N–H and O–H groups in total. The average Bonchev–Trinajstić information content (AvgIpc) is 3.38. The van der Waals surface area contributed by atoms with Crippen LogP contribution >= 0.6 is 0 Å². The van der Waals surface area contributed by atoms with Crippen molar-refractivity contribution in [2.45, 2.75) is 44.7 Å². The van der Waals surface area contributed by atoms with Gasteiger partial charge in [-0.1, -0.05) is 6.07 Å². The Morgan fingerprint density at radius 2 is 1.88 bits per heavy atom. The fourth-order valence-electron chi connectivity index (χ4n) is 5.65. The highest BCUT2D eigenvalue weighted by atomic mass is 19.2. The summed E-state index contributed by atoms with van der Waals surface area (Å²) in [6.45, 7) is 1.94. The third-order valence-corrected chi connectivity index (χ3v) is 7.13. The molecular weight excluding hydrogens is 443 g/mol. The number of aryl methyl sites for hydroxylation is 2. The van der Waals surface area contributed by atoms with E-state index in [0.29, 0.717) is 17.7 Å². The first-order valence-electron chi connectivity index (χ1n) is 11.3. The van der Waals surface area contributed by atoms with Crippen molar-refractivity contribution < 1.29 is 18.0 Å². The Kier molecular flexibility index (Phi) is 4.59. The highest BCUT2D eigenvalue weighted by Gasteiger charge is 2.44. The van der Waals surface area contributed by atoms with Crippen molar-refractivity contribution in [1.82, 2.24) is 24.3 Å². The number of fused-ring (bicyclic) bond motifs is 5. The fraction of sp³-hybridized carbons (Fsp3) is 0.320. The summed E-state index contributed by atoms with van der Waals surface area (Å²) < 4.78 is 44.9. The van der Waals surface area contributed by atoms with Crippen molar-refractivity contribution in [3.8, 4) is 11.3 Å². The van der Waals surface area contributed by atoms with Gasteiger partial charge in [0.1, 0.15) is 0 Å². The average molecular weight is 465 g/mol. The van der Waals surface area contributed by atoms with E-state index in [1.165, 1.54) is 0 Å². The van der Waals surface area contributed by atoms with Gasteiger partial charge in [-0.15, -0.1) is 0 Å². The van der Waals surface area contributed by atoms with E-state index in [1.807, 2.05) is 30.0 Å². The molecule has 6 rings (SSSR count). The van der Waals surface area contributed by atoms with Crippen LogP contribution in [0.3, 0.4) is 0 Å². The standard InChI is InChI=1S/C25H22F3N5O/c1-13-5-3-7-20-17(12-29-33(13)20)25(34)32-15-6-4-8-21(32)23-16(11-15)24(31(2)30-23)14-9-18(26)22(28)19(27)10-14/h3,5,7,9-10,12,15,21H,4,6,8,11H2,1-2H3/t15-,21+/m1/s1. The molecular formula is C25H22F3N5O. The van der Waals surface area contributed by atoms with Crippen LogP contribution in [0.25, 0.3) is 16.8 Å². The Labute approximate surface area is 193 Å². The first-order chi connectivity index (χ1) is 16.3. The van der Waals surface area contributed by atoms with Crippen LogP contribution in [-0.4, -0.2) is 36.2 Å². The molecule has 2 aliphatic heterocycles. The van der Waals surface area contributed by atoms with Crippen LogP contribution in [0.4, 0.5) is 13.2 Å². The minimum Gasteiger partial charge on any atom is -0.327 e. The smallest absolute Gasteiger partial charge is 0.258 e. The summed E-state index contributed by atoms with van der Waals surface area (Å²) in [4.78, 5) is 15.7. The highest BCUT2D eigenvalue weighted by molar-refractivity contribution is 6.01. The number of hydrogen-bond acceptors (Lipinski definition) is 3. The Hall–Kier alpha value is -3.62. The zero-order valence-corrected chi connectivity index (χ0v) is 18.7. The van der Waals surface area contributed by atoms with Crippen molar-refractivity contribution in [2.75, 3.05) is 0 Å². The highest BCUT2D eigenvalue weighted by Crippen LogP contribution is 2.45. The number of pyridine rings is 1. The summed E-state index contributed by atoms with van der Waals surface area (Å²) in [5.41, 5.74) is 4.63. The first kappa shape index (κ1) is 20.9. The summed E-state index contributed by atoms with van der Waals surface area (Å²) >= 11 is 0. The number of aromatic nitrogens is 4. The molecule has 1 aromatic carbocycles. The zero-order chi connectivity index (χ0) is 23.7. The van der Waals surface area contributed by atoms with Crippen LogP contribution in [0.1, 0.15) is 52.6 Å². The summed E-state index contributed by atoms with van der Waals surface area (Å²) in [7, 11) is 1.71. The van der Waals surface area contributed by atoms with E-state index in [-0.39, 0.29) is 23.6 Å². The molecule has 0 spiro atoms. The molecule has 4 aromatic rings. The zero-order valence-electron chi connectivity index (χ0n) is 18.7. The Bertz CT molecular complexity index is 1450. The lowest BCUT2D eigenvalue weighted by atomic mass is 9.81. The first-order valence-corrected chi connectivity index (χ1v) is 11.3. The fourth-order valence-corrected chi connectivity index (χ4v) is 5.65. The molecule has 3 aromatic heterocycles. The predicted octanol–water partition coefficient (Wildman–Crippen LogP) is 4.75. The molecule has 2 bridgehead atoms. The lowest BCUT2D eigenvalue weighted by molar-refractivity contribution is 0.0394. The molecule has 0 saturated carbocycles. The quantitative estimate of drug-likeness (QED) is 0.402. The van der Waals surface area contributed by atoms with Gasteiger partial charge in [0.15, 0.2) is 17.5 Å². The number of piperidine rings is 1. The predicted molar refractivity (Wildman–Crippen MR) is 119 cm³/mol. The summed E-state index contributed by atoms with van der Waals surface area (Å²) in [6.07, 6.45) is 4.65. The molecule has 5 heterocycles. The number of amides is 1. The Morgan fingerprint density at radius 3 is 2.65 bits per heavy atom. The molecule has 0 aliphatic carbocycles. The van der Waals surface area contributed by atoms with Gasteiger partial charge in [-0.25, -0.2) is 17.7 Å². The Morgan fingerprint density at radius 1 is 1.12 bits per heavy atom. The molecule has 2 aliphatic rings. The topological polar surface area (TPSA) is 55.4 Å². The van der Waals surface area contributed by atoms with Gasteiger partial charge >= 0.3 is 0 Å².